The number of rotatable bonds is 5. The van der Waals surface area contributed by atoms with Crippen LogP contribution in [0.25, 0.3) is 22.5 Å². The smallest absolute Gasteiger partial charge is 0.258 e. The molecule has 30 heavy (non-hydrogen) atoms. The zero-order chi connectivity index (χ0) is 21.4. The summed E-state index contributed by atoms with van der Waals surface area (Å²) < 4.78 is 7.38. The molecule has 0 atom stereocenters. The number of thiazole rings is 1. The van der Waals surface area contributed by atoms with Crippen LogP contribution in [0.5, 0.6) is 0 Å². The second-order valence-corrected chi connectivity index (χ2v) is 7.74. The maximum atomic E-state index is 13.0. The number of aromatic nitrogens is 4. The second-order valence-electron chi connectivity index (χ2n) is 6.89. The number of carbonyl (C=O) groups is 2. The summed E-state index contributed by atoms with van der Waals surface area (Å²) in [6.07, 6.45) is 0. The van der Waals surface area contributed by atoms with E-state index in [1.165, 1.54) is 18.3 Å². The van der Waals surface area contributed by atoms with Gasteiger partial charge in [0.25, 0.3) is 5.91 Å². The van der Waals surface area contributed by atoms with Crippen molar-refractivity contribution >= 4 is 39.3 Å². The van der Waals surface area contributed by atoms with Crippen LogP contribution in [-0.2, 0) is 18.4 Å². The van der Waals surface area contributed by atoms with E-state index in [9.17, 15) is 9.59 Å². The highest BCUT2D eigenvalue weighted by molar-refractivity contribution is 7.14. The maximum Gasteiger partial charge on any atom is 0.258 e. The third-order valence-corrected chi connectivity index (χ3v) is 5.25. The lowest BCUT2D eigenvalue weighted by Crippen LogP contribution is -2.18. The SMILES string of the molecule is CC(=O)NCc1ccc(-c2csc(NC(=O)c3cc(C)nc4c3c(C)nn4C)n2)o1. The first-order chi connectivity index (χ1) is 14.3. The molecule has 154 valence electrons. The van der Waals surface area contributed by atoms with Crippen LogP contribution in [0.3, 0.4) is 0 Å². The lowest BCUT2D eigenvalue weighted by atomic mass is 10.1. The molecule has 0 radical (unpaired) electrons. The summed E-state index contributed by atoms with van der Waals surface area (Å²) in [5.41, 5.74) is 3.26. The molecular weight excluding hydrogens is 404 g/mol. The van der Waals surface area contributed by atoms with Gasteiger partial charge in [0.2, 0.25) is 5.91 Å². The molecule has 0 aromatic carbocycles. The Morgan fingerprint density at radius 3 is 2.80 bits per heavy atom. The van der Waals surface area contributed by atoms with Crippen LogP contribution >= 0.6 is 11.3 Å². The zero-order valence-electron chi connectivity index (χ0n) is 16.9. The van der Waals surface area contributed by atoms with Gasteiger partial charge in [0, 0.05) is 25.0 Å². The Kier molecular flexibility index (Phi) is 5.08. The molecule has 0 unspecified atom stereocenters. The highest BCUT2D eigenvalue weighted by atomic mass is 32.1. The van der Waals surface area contributed by atoms with E-state index in [1.807, 2.05) is 13.8 Å². The van der Waals surface area contributed by atoms with Gasteiger partial charge in [-0.1, -0.05) is 0 Å². The van der Waals surface area contributed by atoms with E-state index < -0.39 is 0 Å². The number of nitrogens with one attached hydrogen (secondary N) is 2. The summed E-state index contributed by atoms with van der Waals surface area (Å²) in [6, 6.07) is 5.32. The third kappa shape index (κ3) is 3.81. The van der Waals surface area contributed by atoms with Gasteiger partial charge >= 0.3 is 0 Å². The number of hydrogen-bond donors (Lipinski definition) is 2. The number of amides is 2. The Bertz CT molecular complexity index is 1270. The summed E-state index contributed by atoms with van der Waals surface area (Å²) >= 11 is 1.30. The van der Waals surface area contributed by atoms with E-state index in [-0.39, 0.29) is 11.8 Å². The first kappa shape index (κ1) is 19.8. The molecule has 0 fully saturated rings. The Labute approximate surface area is 176 Å². The van der Waals surface area contributed by atoms with Crippen LogP contribution < -0.4 is 10.6 Å². The molecule has 4 aromatic rings. The number of nitrogens with zero attached hydrogens (tertiary/aromatic N) is 4. The molecule has 4 aromatic heterocycles. The van der Waals surface area contributed by atoms with E-state index in [0.717, 1.165) is 16.8 Å². The second kappa shape index (κ2) is 7.71. The highest BCUT2D eigenvalue weighted by Gasteiger charge is 2.19. The normalized spacial score (nSPS) is 11.1. The minimum absolute atomic E-state index is 0.129. The van der Waals surface area contributed by atoms with Gasteiger partial charge in [-0.2, -0.15) is 5.10 Å². The van der Waals surface area contributed by atoms with Crippen LogP contribution in [0.15, 0.2) is 28.0 Å². The van der Waals surface area contributed by atoms with Crippen molar-refractivity contribution in [2.75, 3.05) is 5.32 Å². The molecule has 0 aliphatic heterocycles. The van der Waals surface area contributed by atoms with Gasteiger partial charge in [-0.25, -0.2) is 9.97 Å². The van der Waals surface area contributed by atoms with Crippen molar-refractivity contribution in [2.45, 2.75) is 27.3 Å². The van der Waals surface area contributed by atoms with Gasteiger partial charge in [0.05, 0.1) is 23.2 Å². The fourth-order valence-electron chi connectivity index (χ4n) is 3.18. The van der Waals surface area contributed by atoms with Crippen molar-refractivity contribution < 1.29 is 14.0 Å². The minimum atomic E-state index is -0.270. The standard InChI is InChI=1S/C20H20N6O3S/c1-10-7-14(17-11(2)25-26(4)18(17)22-10)19(28)24-20-23-15(9-30-20)16-6-5-13(29-16)8-21-12(3)27/h5-7,9H,8H2,1-4H3,(H,21,27)(H,23,24,28). The molecule has 4 rings (SSSR count). The van der Waals surface area contributed by atoms with E-state index in [2.05, 4.69) is 25.7 Å². The maximum absolute atomic E-state index is 13.0. The molecule has 0 spiro atoms. The van der Waals surface area contributed by atoms with Gasteiger partial charge in [-0.05, 0) is 32.0 Å². The van der Waals surface area contributed by atoms with E-state index >= 15 is 0 Å². The number of aryl methyl sites for hydroxylation is 3. The minimum Gasteiger partial charge on any atom is -0.458 e. The fraction of sp³-hybridized carbons (Fsp3) is 0.250. The molecule has 0 bridgehead atoms. The summed E-state index contributed by atoms with van der Waals surface area (Å²) in [6.45, 7) is 5.46. The topological polar surface area (TPSA) is 115 Å². The monoisotopic (exact) mass is 424 g/mol. The van der Waals surface area contributed by atoms with Crippen molar-refractivity contribution in [1.29, 1.82) is 0 Å². The van der Waals surface area contributed by atoms with Gasteiger partial charge < -0.3 is 9.73 Å². The van der Waals surface area contributed by atoms with Crippen LogP contribution in [0.4, 0.5) is 5.13 Å². The van der Waals surface area contributed by atoms with Crippen LogP contribution in [0, 0.1) is 13.8 Å². The van der Waals surface area contributed by atoms with E-state index in [0.29, 0.717) is 40.1 Å². The molecule has 10 heteroatoms. The van der Waals surface area contributed by atoms with Gasteiger partial charge in [0.1, 0.15) is 11.5 Å². The first-order valence-corrected chi connectivity index (χ1v) is 10.1. The zero-order valence-corrected chi connectivity index (χ0v) is 17.8. The largest absolute Gasteiger partial charge is 0.458 e. The summed E-state index contributed by atoms with van der Waals surface area (Å²) in [5, 5.41) is 12.9. The Morgan fingerprint density at radius 1 is 1.23 bits per heavy atom. The molecule has 0 saturated carbocycles. The molecule has 2 amide bonds. The quantitative estimate of drug-likeness (QED) is 0.508. The average molecular weight is 424 g/mol. The van der Waals surface area contributed by atoms with Crippen molar-refractivity contribution in [1.82, 2.24) is 25.1 Å². The Hall–Kier alpha value is -3.53. The van der Waals surface area contributed by atoms with Crippen molar-refractivity contribution in [2.24, 2.45) is 7.05 Å². The summed E-state index contributed by atoms with van der Waals surface area (Å²) in [7, 11) is 1.81. The molecule has 0 aliphatic rings. The van der Waals surface area contributed by atoms with Gasteiger partial charge in [0.15, 0.2) is 16.5 Å². The van der Waals surface area contributed by atoms with Crippen molar-refractivity contribution in [3.8, 4) is 11.5 Å². The molecule has 4 heterocycles. The number of fused-ring (bicyclic) bond motifs is 1. The lowest BCUT2D eigenvalue weighted by Gasteiger charge is -2.05. The molecular formula is C20H20N6O3S. The van der Waals surface area contributed by atoms with Crippen LogP contribution in [0.2, 0.25) is 0 Å². The summed E-state index contributed by atoms with van der Waals surface area (Å²) in [5.74, 6) is 0.794. The Balaban J connectivity index is 1.55. The van der Waals surface area contributed by atoms with Crippen molar-refractivity contribution in [3.05, 3.63) is 46.3 Å². The number of anilines is 1. The van der Waals surface area contributed by atoms with Gasteiger partial charge in [-0.3, -0.25) is 19.6 Å². The summed E-state index contributed by atoms with van der Waals surface area (Å²) in [4.78, 5) is 32.9. The predicted octanol–water partition coefficient (Wildman–Crippen LogP) is 3.19. The average Bonchev–Trinajstić information content (AvgIpc) is 3.39. The lowest BCUT2D eigenvalue weighted by molar-refractivity contribution is -0.119. The highest BCUT2D eigenvalue weighted by Crippen LogP contribution is 2.28. The molecule has 9 nitrogen and oxygen atoms in total. The van der Waals surface area contributed by atoms with Crippen molar-refractivity contribution in [3.63, 3.8) is 0 Å². The Morgan fingerprint density at radius 2 is 2.03 bits per heavy atom. The first-order valence-electron chi connectivity index (χ1n) is 9.23. The number of carbonyl (C=O) groups excluding carboxylic acids is 2. The number of furan rings is 1. The van der Waals surface area contributed by atoms with Crippen LogP contribution in [0.1, 0.15) is 34.4 Å². The fourth-order valence-corrected chi connectivity index (χ4v) is 3.87. The molecule has 0 saturated heterocycles. The van der Waals surface area contributed by atoms with Gasteiger partial charge in [-0.15, -0.1) is 11.3 Å². The molecule has 0 aliphatic carbocycles. The number of hydrogen-bond acceptors (Lipinski definition) is 7. The third-order valence-electron chi connectivity index (χ3n) is 4.49. The van der Waals surface area contributed by atoms with E-state index in [1.54, 1.807) is 35.3 Å². The number of pyridine rings is 1. The predicted molar refractivity (Wildman–Crippen MR) is 113 cm³/mol. The van der Waals surface area contributed by atoms with Crippen LogP contribution in [-0.4, -0.2) is 31.6 Å². The molecule has 2 N–H and O–H groups in total. The van der Waals surface area contributed by atoms with E-state index in [4.69, 9.17) is 4.42 Å².